The number of hydroxylamine groups is 2. The van der Waals surface area contributed by atoms with Gasteiger partial charge in [0.2, 0.25) is 0 Å². The van der Waals surface area contributed by atoms with Gasteiger partial charge in [-0.1, -0.05) is 36.4 Å². The first-order valence-electron chi connectivity index (χ1n) is 8.16. The molecule has 4 rings (SSSR count). The van der Waals surface area contributed by atoms with Crippen LogP contribution in [-0.2, 0) is 24.4 Å². The highest BCUT2D eigenvalue weighted by Crippen LogP contribution is 2.47. The second-order valence-electron chi connectivity index (χ2n) is 6.40. The van der Waals surface area contributed by atoms with Crippen molar-refractivity contribution in [3.05, 3.63) is 53.6 Å². The summed E-state index contributed by atoms with van der Waals surface area (Å²) >= 11 is 0. The minimum Gasteiger partial charge on any atom is -0.367 e. The second-order valence-corrected chi connectivity index (χ2v) is 7.79. The fraction of sp³-hybridized carbons (Fsp3) is 0.222. The van der Waals surface area contributed by atoms with Gasteiger partial charge in [-0.25, -0.2) is 0 Å². The van der Waals surface area contributed by atoms with Gasteiger partial charge < -0.3 is 4.74 Å². The van der Waals surface area contributed by atoms with Crippen molar-refractivity contribution in [2.24, 2.45) is 0 Å². The first kappa shape index (κ1) is 17.8. The molecule has 2 aromatic carbocycles. The Morgan fingerprint density at radius 1 is 1.07 bits per heavy atom. The highest BCUT2D eigenvalue weighted by atomic mass is 32.2. The van der Waals surface area contributed by atoms with E-state index in [1.807, 2.05) is 18.2 Å². The molecule has 2 N–H and O–H groups in total. The van der Waals surface area contributed by atoms with E-state index in [2.05, 4.69) is 0 Å². The van der Waals surface area contributed by atoms with E-state index >= 15 is 0 Å². The lowest BCUT2D eigenvalue weighted by molar-refractivity contribution is -0.174. The van der Waals surface area contributed by atoms with E-state index in [4.69, 9.17) is 4.74 Å². The molecule has 2 aliphatic rings. The number of fused-ring (bicyclic) bond motifs is 3. The number of hydrogen-bond acceptors (Lipinski definition) is 6. The lowest BCUT2D eigenvalue weighted by Crippen LogP contribution is -2.30. The van der Waals surface area contributed by atoms with Crippen molar-refractivity contribution in [1.29, 1.82) is 0 Å². The van der Waals surface area contributed by atoms with E-state index in [0.29, 0.717) is 11.1 Å². The van der Waals surface area contributed by atoms with Crippen molar-refractivity contribution >= 4 is 21.9 Å². The fourth-order valence-electron chi connectivity index (χ4n) is 3.67. The number of rotatable bonds is 4. The van der Waals surface area contributed by atoms with Crippen molar-refractivity contribution in [3.8, 4) is 11.1 Å². The normalized spacial score (nSPS) is 21.5. The van der Waals surface area contributed by atoms with Gasteiger partial charge in [-0.2, -0.15) is 13.5 Å². The highest BCUT2D eigenvalue weighted by Gasteiger charge is 2.41. The summed E-state index contributed by atoms with van der Waals surface area (Å²) in [6, 6.07) is 11.9. The molecule has 0 radical (unpaired) electrons. The van der Waals surface area contributed by atoms with Crippen LogP contribution < -0.4 is 0 Å². The summed E-state index contributed by atoms with van der Waals surface area (Å²) in [5, 5.41) is 9.37. The van der Waals surface area contributed by atoms with Gasteiger partial charge in [-0.05, 0) is 28.3 Å². The first-order valence-corrected chi connectivity index (χ1v) is 9.60. The minimum absolute atomic E-state index is 0.0326. The predicted octanol–water partition coefficient (Wildman–Crippen LogP) is 1.58. The van der Waals surface area contributed by atoms with E-state index in [9.17, 15) is 27.8 Å². The van der Waals surface area contributed by atoms with E-state index in [-0.39, 0.29) is 23.0 Å². The molecule has 0 aromatic heterocycles. The van der Waals surface area contributed by atoms with Crippen molar-refractivity contribution < 1.29 is 32.5 Å². The van der Waals surface area contributed by atoms with Gasteiger partial charge in [0.15, 0.2) is 0 Å². The zero-order valence-corrected chi connectivity index (χ0v) is 14.7. The third kappa shape index (κ3) is 2.85. The summed E-state index contributed by atoms with van der Waals surface area (Å²) < 4.78 is 38.9. The Kier molecular flexibility index (Phi) is 4.11. The van der Waals surface area contributed by atoms with Gasteiger partial charge in [0, 0.05) is 5.92 Å². The van der Waals surface area contributed by atoms with E-state index in [1.54, 1.807) is 18.2 Å². The molecule has 2 aromatic rings. The number of nitrogens with zero attached hydrogens (tertiary/aromatic N) is 1. The van der Waals surface area contributed by atoms with Crippen LogP contribution in [0.5, 0.6) is 0 Å². The van der Waals surface area contributed by atoms with Crippen LogP contribution in [0, 0.1) is 0 Å². The van der Waals surface area contributed by atoms with Gasteiger partial charge in [0.25, 0.3) is 21.9 Å². The van der Waals surface area contributed by atoms with E-state index < -0.39 is 34.0 Å². The lowest BCUT2D eigenvalue weighted by atomic mass is 9.98. The van der Waals surface area contributed by atoms with Gasteiger partial charge in [-0.3, -0.25) is 19.3 Å². The maximum atomic E-state index is 11.9. The molecule has 1 fully saturated rings. The van der Waals surface area contributed by atoms with Crippen LogP contribution in [0.4, 0.5) is 0 Å². The molecular formula is C18H15NO7S. The number of amides is 2. The molecule has 2 amide bonds. The molecule has 9 heteroatoms. The van der Waals surface area contributed by atoms with Crippen LogP contribution >= 0.6 is 0 Å². The standard InChI is InChI=1S/C18H15NO7S/c20-16-8-14(18(21)19(16)22)26-9-13-11-5-2-1-4-10(11)12-6-3-7-15(17(12)13)27(23,24)25/h1-7,13-14,22H,8-9H2,(H,23,24,25). The summed E-state index contributed by atoms with van der Waals surface area (Å²) in [5.41, 5.74) is 2.65. The Balaban J connectivity index is 1.74. The third-order valence-corrected chi connectivity index (χ3v) is 5.78. The molecule has 2 atom stereocenters. The molecule has 1 saturated heterocycles. The minimum atomic E-state index is -4.47. The predicted molar refractivity (Wildman–Crippen MR) is 91.5 cm³/mol. The Morgan fingerprint density at radius 2 is 1.78 bits per heavy atom. The average molecular weight is 389 g/mol. The number of ether oxygens (including phenoxy) is 1. The molecular weight excluding hydrogens is 374 g/mol. The Hall–Kier alpha value is -2.59. The van der Waals surface area contributed by atoms with Crippen molar-refractivity contribution in [1.82, 2.24) is 5.06 Å². The average Bonchev–Trinajstić information content (AvgIpc) is 3.08. The van der Waals surface area contributed by atoms with Crippen LogP contribution in [-0.4, -0.2) is 47.8 Å². The molecule has 1 heterocycles. The zero-order chi connectivity index (χ0) is 19.3. The van der Waals surface area contributed by atoms with Gasteiger partial charge in [-0.15, -0.1) is 0 Å². The number of carbonyl (C=O) groups excluding carboxylic acids is 2. The molecule has 0 bridgehead atoms. The summed E-state index contributed by atoms with van der Waals surface area (Å²) in [5.74, 6) is -2.16. The number of imide groups is 1. The van der Waals surface area contributed by atoms with Crippen LogP contribution in [0.25, 0.3) is 11.1 Å². The Morgan fingerprint density at radius 3 is 2.44 bits per heavy atom. The summed E-state index contributed by atoms with van der Waals surface area (Å²) in [6.07, 6.45) is -1.41. The monoisotopic (exact) mass is 389 g/mol. The fourth-order valence-corrected chi connectivity index (χ4v) is 4.45. The van der Waals surface area contributed by atoms with Crippen molar-refractivity contribution in [2.75, 3.05) is 6.61 Å². The van der Waals surface area contributed by atoms with Crippen LogP contribution in [0.1, 0.15) is 23.5 Å². The van der Waals surface area contributed by atoms with E-state index in [1.165, 1.54) is 6.07 Å². The molecule has 140 valence electrons. The van der Waals surface area contributed by atoms with Gasteiger partial charge >= 0.3 is 0 Å². The Labute approximate surface area is 154 Å². The van der Waals surface area contributed by atoms with Crippen LogP contribution in [0.2, 0.25) is 0 Å². The Bertz CT molecular complexity index is 1060. The molecule has 8 nitrogen and oxygen atoms in total. The van der Waals surface area contributed by atoms with Gasteiger partial charge in [0.05, 0.1) is 17.9 Å². The molecule has 0 saturated carbocycles. The molecule has 0 spiro atoms. The highest BCUT2D eigenvalue weighted by molar-refractivity contribution is 7.85. The van der Waals surface area contributed by atoms with Crippen molar-refractivity contribution in [2.45, 2.75) is 23.3 Å². The largest absolute Gasteiger partial charge is 0.367 e. The topological polar surface area (TPSA) is 121 Å². The molecule has 1 aliphatic heterocycles. The molecule has 27 heavy (non-hydrogen) atoms. The zero-order valence-electron chi connectivity index (χ0n) is 13.9. The number of benzene rings is 2. The summed E-state index contributed by atoms with van der Waals surface area (Å²) in [7, 11) is -4.47. The quantitative estimate of drug-likeness (QED) is 0.462. The maximum Gasteiger partial charge on any atom is 0.294 e. The van der Waals surface area contributed by atoms with Gasteiger partial charge in [0.1, 0.15) is 6.10 Å². The van der Waals surface area contributed by atoms with Crippen molar-refractivity contribution in [3.63, 3.8) is 0 Å². The smallest absolute Gasteiger partial charge is 0.294 e. The molecule has 2 unspecified atom stereocenters. The SMILES string of the molecule is O=C1CC(OCC2c3ccccc3-c3cccc(S(=O)(=O)O)c32)C(=O)N1O. The first-order chi connectivity index (χ1) is 12.8. The maximum absolute atomic E-state index is 11.9. The summed E-state index contributed by atoms with van der Waals surface area (Å²) in [4.78, 5) is 23.0. The van der Waals surface area contributed by atoms with Crippen LogP contribution in [0.3, 0.4) is 0 Å². The number of carbonyl (C=O) groups is 2. The summed E-state index contributed by atoms with van der Waals surface area (Å²) in [6.45, 7) is -0.0892. The second kappa shape index (κ2) is 6.24. The van der Waals surface area contributed by atoms with Crippen LogP contribution in [0.15, 0.2) is 47.4 Å². The number of hydrogen-bond donors (Lipinski definition) is 2. The third-order valence-electron chi connectivity index (χ3n) is 4.86. The lowest BCUT2D eigenvalue weighted by Gasteiger charge is -2.18. The molecule has 1 aliphatic carbocycles. The van der Waals surface area contributed by atoms with E-state index in [0.717, 1.165) is 11.1 Å².